The van der Waals surface area contributed by atoms with Crippen LogP contribution in [0.15, 0.2) is 151 Å². The number of benzene rings is 6. The van der Waals surface area contributed by atoms with Gasteiger partial charge in [0.1, 0.15) is 88.4 Å². The van der Waals surface area contributed by atoms with Crippen LogP contribution in [0.25, 0.3) is 10.4 Å². The standard InChI is InChI=1S/C29H37N3O13S2.2C29H39NO13S2/c1-16-6-8-21(9-7-16)44-47(35,36)45-27-19(4)26(24-14-38-29(27)41-24)42-28-25(31-32-30)18(3)17(2)23(40-28)15-39-46(33,34)43-22-12-10-20(37-5)11-13-22;2*1-16-6-8-21(9-7-16)42-45(33,34)43-27-19(4)26(24-14-36-29(27)39-24)40-28-25(30)18(3)17(2)23(38-28)15-37-44(31,32)41-22-12-10-20(35-5)11-13-22/h6-13,17-19,23-29H,14-15H2,1-5H3;2*6-13,17-19,23-29H,14-15,30H2,1-5H3/t3*17-,18-,19-,23?,24?,25?,26-,27?,28+,29+/m000/s1. The van der Waals surface area contributed by atoms with Gasteiger partial charge in [-0.1, -0.05) is 121 Å². The summed E-state index contributed by atoms with van der Waals surface area (Å²) in [4.78, 5) is 2.96. The number of hydrogen-bond donors (Lipinski definition) is 2. The largest absolute Gasteiger partial charge is 0.497 e. The van der Waals surface area contributed by atoms with Crippen molar-refractivity contribution < 1.29 is 172 Å². The van der Waals surface area contributed by atoms with Gasteiger partial charge in [-0.3, -0.25) is 0 Å². The van der Waals surface area contributed by atoms with Crippen LogP contribution in [0.2, 0.25) is 0 Å². The molecule has 0 radical (unpaired) electrons. The Morgan fingerprint density at radius 2 is 0.547 bits per heavy atom. The summed E-state index contributed by atoms with van der Waals surface area (Å²) in [5.41, 5.74) is 25.1. The maximum atomic E-state index is 12.9. The molecule has 6 aromatic rings. The maximum absolute atomic E-state index is 12.9. The second kappa shape index (κ2) is 45.3. The van der Waals surface area contributed by atoms with E-state index in [0.717, 1.165) is 16.7 Å². The summed E-state index contributed by atoms with van der Waals surface area (Å²) in [7, 11) is -22.5. The normalized spacial score (nSPS) is 33.1. The number of methoxy groups -OCH3 is 3. The summed E-state index contributed by atoms with van der Waals surface area (Å²) in [6, 6.07) is 35.1. The first-order chi connectivity index (χ1) is 64.8. The highest BCUT2D eigenvalue weighted by atomic mass is 32.3. The highest BCUT2D eigenvalue weighted by molar-refractivity contribution is 7.83. The van der Waals surface area contributed by atoms with Gasteiger partial charge in [-0.25, -0.2) is 25.1 Å². The van der Waals surface area contributed by atoms with E-state index in [0.29, 0.717) is 17.2 Å². The van der Waals surface area contributed by atoms with Crippen LogP contribution in [0.4, 0.5) is 0 Å². The lowest BCUT2D eigenvalue weighted by molar-refractivity contribution is -0.290. The molecule has 0 aromatic heterocycles. The zero-order valence-corrected chi connectivity index (χ0v) is 82.2. The third-order valence-electron chi connectivity index (χ3n) is 25.4. The van der Waals surface area contributed by atoms with Crippen molar-refractivity contribution in [2.75, 3.05) is 61.0 Å². The number of azide groups is 1. The van der Waals surface area contributed by atoms with Gasteiger partial charge in [-0.2, -0.15) is 50.5 Å². The van der Waals surface area contributed by atoms with Crippen LogP contribution in [-0.2, 0) is 144 Å². The third kappa shape index (κ3) is 27.5. The van der Waals surface area contributed by atoms with Gasteiger partial charge in [0, 0.05) is 22.7 Å². The minimum Gasteiger partial charge on any atom is -0.497 e. The average Bonchev–Trinajstić information content (AvgIpc) is 1.66. The van der Waals surface area contributed by atoms with E-state index in [4.69, 9.17) is 133 Å². The van der Waals surface area contributed by atoms with Crippen molar-refractivity contribution in [2.24, 2.45) is 69.8 Å². The summed E-state index contributed by atoms with van der Waals surface area (Å²) in [5.74, 6) is -1.28. The van der Waals surface area contributed by atoms with E-state index in [1.54, 1.807) is 88.4 Å². The first-order valence-corrected chi connectivity index (χ1v) is 51.8. The number of hydrogen-bond acceptors (Lipinski definition) is 42. The predicted molar refractivity (Wildman–Crippen MR) is 478 cm³/mol. The van der Waals surface area contributed by atoms with E-state index in [9.17, 15) is 56.0 Å². The van der Waals surface area contributed by atoms with Gasteiger partial charge in [0.15, 0.2) is 37.7 Å². The lowest BCUT2D eigenvalue weighted by Gasteiger charge is -2.46. The Kier molecular flexibility index (Phi) is 35.1. The fraction of sp³-hybridized carbons (Fsp3) is 0.586. The molecule has 9 heterocycles. The quantitative estimate of drug-likeness (QED) is 0.0209. The fourth-order valence-corrected chi connectivity index (χ4v) is 21.5. The number of fused-ring (bicyclic) bond motifs is 6. The molecule has 44 nitrogen and oxygen atoms in total. The molecule has 0 spiro atoms. The highest BCUT2D eigenvalue weighted by Gasteiger charge is 2.58. The summed E-state index contributed by atoms with van der Waals surface area (Å²) in [6.07, 6.45) is -15.9. The SMILES string of the molecule is COc1ccc(OS(=O)(=O)OCC2O[C@H](O[C@@H]3C4CO[C@H](O4)C(OS(=O)(=O)Oc4ccc(C)cc4)[C@H]3C)C(N)[C@@H](C)[C@@H]2C)cc1.COc1ccc(OS(=O)(=O)OCC2O[C@H](O[C@@H]3C4CO[C@H](O4)C(OS(=O)(=O)Oc4ccc(C)cc4)[C@H]3C)C(N)[C@@H](C)[C@@H]2C)cc1.COc1ccc(OS(=O)(=O)OCC2O[C@H](O[C@@H]3C4CO[C@H](O4)C(OS(=O)(=O)Oc4ccc(C)cc4)[C@H]3C)C(N=[N+]=[N-])[C@@H](C)[C@@H]2C)cc1. The molecular weight excluding hydrogens is 1930 g/mol. The Morgan fingerprint density at radius 3 is 0.810 bits per heavy atom. The Balaban J connectivity index is 0.000000174. The van der Waals surface area contributed by atoms with Gasteiger partial charge >= 0.3 is 62.4 Å². The average molecular weight is 2050 g/mol. The molecule has 50 heteroatoms. The van der Waals surface area contributed by atoms with Crippen molar-refractivity contribution in [3.8, 4) is 51.7 Å². The number of aryl methyl sites for hydroxylation is 3. The van der Waals surface area contributed by atoms with Crippen molar-refractivity contribution >= 4 is 62.4 Å². The topological polar surface area (TPSA) is 555 Å². The van der Waals surface area contributed by atoms with Crippen LogP contribution in [-0.4, -0.2) is 241 Å². The summed E-state index contributed by atoms with van der Waals surface area (Å²) in [6.45, 7) is 21.1. The Labute approximate surface area is 796 Å². The molecule has 9 aliphatic rings. The van der Waals surface area contributed by atoms with Crippen LogP contribution in [0, 0.1) is 74.0 Å². The van der Waals surface area contributed by atoms with Gasteiger partial charge in [0.25, 0.3) is 0 Å². The minimum atomic E-state index is -4.56. The molecule has 6 aromatic carbocycles. The zero-order valence-electron chi connectivity index (χ0n) is 77.3. The predicted octanol–water partition coefficient (Wildman–Crippen LogP) is 8.71. The number of ether oxygens (including phenoxy) is 15. The van der Waals surface area contributed by atoms with Crippen molar-refractivity contribution in [1.29, 1.82) is 0 Å². The summed E-state index contributed by atoms with van der Waals surface area (Å²) < 4.78 is 302. The first kappa shape index (κ1) is 106. The zero-order chi connectivity index (χ0) is 99.0. The maximum Gasteiger partial charge on any atom is 0.449 e. The lowest BCUT2D eigenvalue weighted by atomic mass is 9.82. The van der Waals surface area contributed by atoms with Gasteiger partial charge in [-0.05, 0) is 171 Å². The van der Waals surface area contributed by atoms with Gasteiger partial charge < -0.3 is 108 Å². The smallest absolute Gasteiger partial charge is 0.449 e. The van der Waals surface area contributed by atoms with E-state index >= 15 is 0 Å². The molecule has 9 saturated heterocycles. The van der Waals surface area contributed by atoms with Crippen molar-refractivity contribution in [1.82, 2.24) is 0 Å². The minimum absolute atomic E-state index is 0.0211. The molecule has 12 unspecified atom stereocenters. The molecule has 758 valence electrons. The highest BCUT2D eigenvalue weighted by Crippen LogP contribution is 2.46. The number of nitrogens with two attached hydrogens (primary N) is 2. The summed E-state index contributed by atoms with van der Waals surface area (Å²) in [5, 5.41) is 3.91. The second-order valence-electron chi connectivity index (χ2n) is 34.6. The van der Waals surface area contributed by atoms with Crippen LogP contribution < -0.4 is 50.8 Å². The molecule has 0 aliphatic carbocycles. The molecular formula is C87H115N5O39S6. The second-order valence-corrected chi connectivity index (χ2v) is 41.8. The third-order valence-corrected chi connectivity index (χ3v) is 30.4. The lowest BCUT2D eigenvalue weighted by Crippen LogP contribution is -2.59. The van der Waals surface area contributed by atoms with Crippen molar-refractivity contribution in [2.45, 2.75) is 212 Å². The van der Waals surface area contributed by atoms with Gasteiger partial charge in [-0.15, -0.1) is 0 Å². The molecule has 0 saturated carbocycles. The Morgan fingerprint density at radius 1 is 0.314 bits per heavy atom. The van der Waals surface area contributed by atoms with Gasteiger partial charge in [0.2, 0.25) is 0 Å². The van der Waals surface area contributed by atoms with Crippen LogP contribution in [0.5, 0.6) is 51.7 Å². The molecule has 4 N–H and O–H groups in total. The molecule has 0 amide bonds. The van der Waals surface area contributed by atoms with Crippen LogP contribution >= 0.6 is 0 Å². The van der Waals surface area contributed by atoms with Crippen LogP contribution in [0.1, 0.15) is 79.0 Å². The van der Waals surface area contributed by atoms with Crippen molar-refractivity contribution in [3.63, 3.8) is 0 Å². The molecule has 15 rings (SSSR count). The Bertz CT molecular complexity index is 5530. The molecule has 137 heavy (non-hydrogen) atoms. The van der Waals surface area contributed by atoms with E-state index < -0.39 is 216 Å². The fourth-order valence-electron chi connectivity index (χ4n) is 16.6. The van der Waals surface area contributed by atoms with Crippen LogP contribution in [0.3, 0.4) is 0 Å². The van der Waals surface area contributed by atoms with Gasteiger partial charge in [0.05, 0.1) is 116 Å². The first-order valence-electron chi connectivity index (χ1n) is 43.8. The summed E-state index contributed by atoms with van der Waals surface area (Å²) >= 11 is 0. The molecule has 6 bridgehead atoms. The molecule has 9 fully saturated rings. The van der Waals surface area contributed by atoms with E-state index in [-0.39, 0.29) is 103 Å². The van der Waals surface area contributed by atoms with E-state index in [1.807, 2.05) is 55.4 Å². The van der Waals surface area contributed by atoms with Crippen molar-refractivity contribution in [3.05, 3.63) is 173 Å². The Hall–Kier alpha value is -8.27. The molecule has 9 aliphatic heterocycles. The van der Waals surface area contributed by atoms with E-state index in [2.05, 4.69) is 10.0 Å². The number of rotatable bonds is 37. The molecule has 30 atom stereocenters. The van der Waals surface area contributed by atoms with E-state index in [1.165, 1.54) is 106 Å². The number of nitrogens with zero attached hydrogens (tertiary/aromatic N) is 3. The monoisotopic (exact) mass is 2050 g/mol.